The smallest absolute Gasteiger partial charge is 0.177 e. The second kappa shape index (κ2) is 6.20. The fourth-order valence-electron chi connectivity index (χ4n) is 1.88. The Morgan fingerprint density at radius 2 is 2.14 bits per heavy atom. The van der Waals surface area contributed by atoms with E-state index in [1.165, 1.54) is 6.42 Å². The van der Waals surface area contributed by atoms with Crippen molar-refractivity contribution in [2.24, 2.45) is 5.92 Å². The predicted molar refractivity (Wildman–Crippen MR) is 58.1 cm³/mol. The van der Waals surface area contributed by atoms with Crippen LogP contribution in [0.15, 0.2) is 12.2 Å². The molecule has 2 heteroatoms. The number of hydrogen-bond acceptors (Lipinski definition) is 2. The van der Waals surface area contributed by atoms with E-state index in [1.807, 2.05) is 19.1 Å². The summed E-state index contributed by atoms with van der Waals surface area (Å²) in [7, 11) is 0. The maximum Gasteiger partial charge on any atom is 0.177 e. The van der Waals surface area contributed by atoms with Gasteiger partial charge in [0, 0.05) is 5.92 Å². The van der Waals surface area contributed by atoms with Gasteiger partial charge in [0.1, 0.15) is 0 Å². The van der Waals surface area contributed by atoms with Crippen LogP contribution >= 0.6 is 0 Å². The van der Waals surface area contributed by atoms with E-state index in [9.17, 15) is 0 Å². The third-order valence-electron chi connectivity index (χ3n) is 2.76. The van der Waals surface area contributed by atoms with Gasteiger partial charge in [-0.25, -0.2) is 0 Å². The molecule has 0 amide bonds. The molecule has 14 heavy (non-hydrogen) atoms. The maximum atomic E-state index is 5.86. The fourth-order valence-corrected chi connectivity index (χ4v) is 1.88. The van der Waals surface area contributed by atoms with Gasteiger partial charge in [-0.3, -0.25) is 0 Å². The Bertz CT molecular complexity index is 177. The Morgan fingerprint density at radius 3 is 2.71 bits per heavy atom. The summed E-state index contributed by atoms with van der Waals surface area (Å²) in [6, 6.07) is 0. The summed E-state index contributed by atoms with van der Waals surface area (Å²) in [6.45, 7) is 7.25. The first-order valence-corrected chi connectivity index (χ1v) is 5.71. The second-order valence-corrected chi connectivity index (χ2v) is 3.86. The average Bonchev–Trinajstić information content (AvgIpc) is 2.19. The normalized spacial score (nSPS) is 33.8. The highest BCUT2D eigenvalue weighted by Crippen LogP contribution is 2.25. The van der Waals surface area contributed by atoms with Gasteiger partial charge in [-0.2, -0.15) is 0 Å². The van der Waals surface area contributed by atoms with Gasteiger partial charge in [-0.05, 0) is 25.8 Å². The Morgan fingerprint density at radius 1 is 1.36 bits per heavy atom. The van der Waals surface area contributed by atoms with E-state index >= 15 is 0 Å². The molecule has 1 rings (SSSR count). The lowest BCUT2D eigenvalue weighted by atomic mass is 9.96. The molecule has 1 heterocycles. The van der Waals surface area contributed by atoms with Crippen LogP contribution in [0.5, 0.6) is 0 Å². The van der Waals surface area contributed by atoms with Crippen molar-refractivity contribution in [2.75, 3.05) is 6.61 Å². The highest BCUT2D eigenvalue weighted by atomic mass is 16.7. The van der Waals surface area contributed by atoms with E-state index in [0.29, 0.717) is 12.0 Å². The van der Waals surface area contributed by atoms with Crippen molar-refractivity contribution < 1.29 is 9.47 Å². The first kappa shape index (κ1) is 11.7. The number of rotatable bonds is 4. The van der Waals surface area contributed by atoms with Gasteiger partial charge in [0.05, 0.1) is 12.7 Å². The molecule has 0 aliphatic carbocycles. The number of hydrogen-bond donors (Lipinski definition) is 0. The first-order valence-electron chi connectivity index (χ1n) is 5.71. The van der Waals surface area contributed by atoms with Gasteiger partial charge in [0.2, 0.25) is 0 Å². The first-order chi connectivity index (χ1) is 6.81. The highest BCUT2D eigenvalue weighted by molar-refractivity contribution is 4.85. The van der Waals surface area contributed by atoms with E-state index < -0.39 is 0 Å². The van der Waals surface area contributed by atoms with Crippen LogP contribution in [0.3, 0.4) is 0 Å². The Kier molecular flexibility index (Phi) is 5.20. The molecule has 1 aliphatic rings. The predicted octanol–water partition coefficient (Wildman–Crippen LogP) is 3.13. The minimum Gasteiger partial charge on any atom is -0.349 e. The monoisotopic (exact) mass is 198 g/mol. The summed E-state index contributed by atoms with van der Waals surface area (Å²) in [6.07, 6.45) is 7.72. The minimum atomic E-state index is -0.112. The summed E-state index contributed by atoms with van der Waals surface area (Å²) in [5.41, 5.74) is 0. The third kappa shape index (κ3) is 3.10. The van der Waals surface area contributed by atoms with Crippen molar-refractivity contribution >= 4 is 0 Å². The molecule has 82 valence electrons. The zero-order valence-electron chi connectivity index (χ0n) is 9.53. The maximum absolute atomic E-state index is 5.86. The summed E-state index contributed by atoms with van der Waals surface area (Å²) in [5.74, 6) is 0.580. The molecule has 0 unspecified atom stereocenters. The molecule has 0 spiro atoms. The third-order valence-corrected chi connectivity index (χ3v) is 2.76. The van der Waals surface area contributed by atoms with Crippen molar-refractivity contribution in [1.29, 1.82) is 0 Å². The highest BCUT2D eigenvalue weighted by Gasteiger charge is 2.28. The van der Waals surface area contributed by atoms with E-state index in [-0.39, 0.29) is 6.29 Å². The van der Waals surface area contributed by atoms with Crippen LogP contribution in [0.2, 0.25) is 0 Å². The zero-order chi connectivity index (χ0) is 10.4. The molecule has 0 radical (unpaired) electrons. The summed E-state index contributed by atoms with van der Waals surface area (Å²) < 4.78 is 11.5. The van der Waals surface area contributed by atoms with Gasteiger partial charge in [-0.1, -0.05) is 26.3 Å². The average molecular weight is 198 g/mol. The Hall–Kier alpha value is -0.340. The Balaban J connectivity index is 2.47. The van der Waals surface area contributed by atoms with Crippen molar-refractivity contribution in [3.63, 3.8) is 0 Å². The van der Waals surface area contributed by atoms with Crippen LogP contribution in [0.4, 0.5) is 0 Å². The lowest BCUT2D eigenvalue weighted by molar-refractivity contribution is -0.215. The SMILES string of the molecule is C/C=C\[C@H]1OC[C@@H](CC)[C@@H](CCC)O1. The van der Waals surface area contributed by atoms with Gasteiger partial charge in [-0.15, -0.1) is 0 Å². The summed E-state index contributed by atoms with van der Waals surface area (Å²) in [4.78, 5) is 0. The molecule has 0 aromatic heterocycles. The van der Waals surface area contributed by atoms with Crippen LogP contribution in [0.25, 0.3) is 0 Å². The summed E-state index contributed by atoms with van der Waals surface area (Å²) in [5, 5.41) is 0. The molecule has 0 aromatic rings. The molecule has 1 saturated heterocycles. The van der Waals surface area contributed by atoms with Crippen LogP contribution in [-0.2, 0) is 9.47 Å². The van der Waals surface area contributed by atoms with E-state index in [0.717, 1.165) is 19.4 Å². The van der Waals surface area contributed by atoms with Gasteiger partial charge < -0.3 is 9.47 Å². The molecule has 1 aliphatic heterocycles. The lowest BCUT2D eigenvalue weighted by Crippen LogP contribution is -2.38. The number of allylic oxidation sites excluding steroid dienone is 1. The van der Waals surface area contributed by atoms with Crippen LogP contribution in [0, 0.1) is 5.92 Å². The van der Waals surface area contributed by atoms with Crippen molar-refractivity contribution in [1.82, 2.24) is 0 Å². The van der Waals surface area contributed by atoms with Crippen LogP contribution in [0.1, 0.15) is 40.0 Å². The molecular weight excluding hydrogens is 176 g/mol. The van der Waals surface area contributed by atoms with Gasteiger partial charge >= 0.3 is 0 Å². The van der Waals surface area contributed by atoms with E-state index in [4.69, 9.17) is 9.47 Å². The largest absolute Gasteiger partial charge is 0.349 e. The minimum absolute atomic E-state index is 0.112. The fraction of sp³-hybridized carbons (Fsp3) is 0.833. The molecule has 2 nitrogen and oxygen atoms in total. The quantitative estimate of drug-likeness (QED) is 0.646. The molecule has 0 aromatic carbocycles. The molecular formula is C12H22O2. The topological polar surface area (TPSA) is 18.5 Å². The standard InChI is InChI=1S/C12H22O2/c1-4-7-11-10(6-3)9-13-12(14-11)8-5-2/h5,8,10-12H,4,6-7,9H2,1-3H3/b8-5-/t10-,11-,12+/m1/s1. The molecule has 0 saturated carbocycles. The second-order valence-electron chi connectivity index (χ2n) is 3.86. The summed E-state index contributed by atoms with van der Waals surface area (Å²) >= 11 is 0. The molecule has 3 atom stereocenters. The lowest BCUT2D eigenvalue weighted by Gasteiger charge is -2.35. The molecule has 1 fully saturated rings. The van der Waals surface area contributed by atoms with Crippen LogP contribution < -0.4 is 0 Å². The number of ether oxygens (including phenoxy) is 2. The zero-order valence-corrected chi connectivity index (χ0v) is 9.53. The van der Waals surface area contributed by atoms with Crippen molar-refractivity contribution in [3.05, 3.63) is 12.2 Å². The van der Waals surface area contributed by atoms with E-state index in [1.54, 1.807) is 0 Å². The van der Waals surface area contributed by atoms with Crippen LogP contribution in [-0.4, -0.2) is 19.0 Å². The van der Waals surface area contributed by atoms with Gasteiger partial charge in [0.25, 0.3) is 0 Å². The van der Waals surface area contributed by atoms with Gasteiger partial charge in [0.15, 0.2) is 6.29 Å². The van der Waals surface area contributed by atoms with E-state index in [2.05, 4.69) is 13.8 Å². The molecule has 0 bridgehead atoms. The molecule has 0 N–H and O–H groups in total. The van der Waals surface area contributed by atoms with Crippen molar-refractivity contribution in [2.45, 2.75) is 52.4 Å². The Labute approximate surface area is 87.3 Å². The van der Waals surface area contributed by atoms with Crippen molar-refractivity contribution in [3.8, 4) is 0 Å².